The molecule has 5 aromatic rings. The van der Waals surface area contributed by atoms with Gasteiger partial charge in [0.15, 0.2) is 0 Å². The molecule has 17 heteroatoms. The number of benzene rings is 3. The third-order valence-corrected chi connectivity index (χ3v) is 16.2. The molecule has 2 aromatic heterocycles. The molecule has 3 saturated heterocycles. The smallest absolute Gasteiger partial charge is 0.255 e. The third-order valence-electron chi connectivity index (χ3n) is 14.1. The highest BCUT2D eigenvalue weighted by Gasteiger charge is 2.49. The number of amides is 3. The molecule has 1 atom stereocenters. The number of carbonyl (C=O) groups is 3. The average molecular weight is 992 g/mol. The molecular formula is C50H60BrN10O5P. The van der Waals surface area contributed by atoms with Crippen LogP contribution in [-0.2, 0) is 32.5 Å². The van der Waals surface area contributed by atoms with Crippen molar-refractivity contribution in [3.8, 4) is 5.75 Å². The Morgan fingerprint density at radius 3 is 2.39 bits per heavy atom. The van der Waals surface area contributed by atoms with Crippen molar-refractivity contribution in [3.05, 3.63) is 93.7 Å². The Labute approximate surface area is 400 Å². The van der Waals surface area contributed by atoms with Gasteiger partial charge in [-0.3, -0.25) is 29.6 Å². The highest BCUT2D eigenvalue weighted by Crippen LogP contribution is 2.44. The number of halogens is 1. The molecule has 4 aliphatic rings. The number of piperidine rings is 2. The maximum Gasteiger partial charge on any atom is 0.255 e. The summed E-state index contributed by atoms with van der Waals surface area (Å²) >= 11 is 3.61. The van der Waals surface area contributed by atoms with Crippen LogP contribution in [-0.4, -0.2) is 126 Å². The second kappa shape index (κ2) is 18.9. The van der Waals surface area contributed by atoms with Gasteiger partial charge in [-0.05, 0) is 110 Å². The minimum atomic E-state index is -2.72. The van der Waals surface area contributed by atoms with E-state index in [1.807, 2.05) is 44.2 Å². The fraction of sp³-hybridized carbons (Fsp3) is 0.440. The monoisotopic (exact) mass is 990 g/mol. The predicted octanol–water partition coefficient (Wildman–Crippen LogP) is 7.42. The first kappa shape index (κ1) is 46.7. The van der Waals surface area contributed by atoms with Gasteiger partial charge < -0.3 is 34.6 Å². The third kappa shape index (κ3) is 9.42. The van der Waals surface area contributed by atoms with Crippen molar-refractivity contribution in [2.45, 2.75) is 76.9 Å². The van der Waals surface area contributed by atoms with Crippen LogP contribution in [0.5, 0.6) is 5.75 Å². The minimum Gasteiger partial charge on any atom is -0.494 e. The number of methoxy groups -OCH3 is 1. The van der Waals surface area contributed by atoms with E-state index in [-0.39, 0.29) is 18.2 Å². The van der Waals surface area contributed by atoms with Gasteiger partial charge in [0.2, 0.25) is 17.8 Å². The summed E-state index contributed by atoms with van der Waals surface area (Å²) in [4.78, 5) is 61.6. The van der Waals surface area contributed by atoms with Gasteiger partial charge in [-0.15, -0.1) is 0 Å². The molecule has 3 fully saturated rings. The maximum absolute atomic E-state index is 13.6. The van der Waals surface area contributed by atoms with Crippen LogP contribution in [0.1, 0.15) is 73.5 Å². The Bertz CT molecular complexity index is 2780. The molecule has 352 valence electrons. The van der Waals surface area contributed by atoms with Crippen LogP contribution in [0.2, 0.25) is 0 Å². The first-order valence-electron chi connectivity index (χ1n) is 23.4. The zero-order chi connectivity index (χ0) is 47.2. The number of nitrogens with zero attached hydrogens (tertiary/aromatic N) is 7. The van der Waals surface area contributed by atoms with E-state index >= 15 is 0 Å². The summed E-state index contributed by atoms with van der Waals surface area (Å²) in [6, 6.07) is 18.0. The molecule has 15 nitrogen and oxygen atoms in total. The molecule has 67 heavy (non-hydrogen) atoms. The molecule has 3 amide bonds. The number of rotatable bonds is 13. The lowest BCUT2D eigenvalue weighted by atomic mass is 9.90. The van der Waals surface area contributed by atoms with Crippen molar-refractivity contribution in [2.24, 2.45) is 0 Å². The molecule has 0 bridgehead atoms. The van der Waals surface area contributed by atoms with Gasteiger partial charge in [0.05, 0.1) is 40.2 Å². The highest BCUT2D eigenvalue weighted by atomic mass is 79.9. The molecule has 0 radical (unpaired) electrons. The van der Waals surface area contributed by atoms with E-state index in [1.165, 1.54) is 16.8 Å². The van der Waals surface area contributed by atoms with E-state index in [0.29, 0.717) is 45.7 Å². The van der Waals surface area contributed by atoms with Crippen LogP contribution in [0.4, 0.5) is 28.8 Å². The lowest BCUT2D eigenvalue weighted by Gasteiger charge is -2.43. The van der Waals surface area contributed by atoms with Gasteiger partial charge in [-0.25, -0.2) is 4.98 Å². The molecule has 1 unspecified atom stereocenters. The van der Waals surface area contributed by atoms with E-state index in [0.717, 1.165) is 99.0 Å². The molecule has 4 aliphatic heterocycles. The molecule has 9 rings (SSSR count). The van der Waals surface area contributed by atoms with Gasteiger partial charge in [0.25, 0.3) is 5.91 Å². The van der Waals surface area contributed by atoms with Crippen LogP contribution < -0.4 is 30.9 Å². The molecule has 3 N–H and O–H groups in total. The van der Waals surface area contributed by atoms with Crippen LogP contribution in [0.3, 0.4) is 0 Å². The molecule has 0 saturated carbocycles. The van der Waals surface area contributed by atoms with Gasteiger partial charge in [-0.1, -0.05) is 37.3 Å². The zero-order valence-corrected chi connectivity index (χ0v) is 41.7. The molecule has 0 spiro atoms. The Kier molecular flexibility index (Phi) is 13.2. The molecular weight excluding hydrogens is 931 g/mol. The number of piperazine rings is 1. The van der Waals surface area contributed by atoms with E-state index in [2.05, 4.69) is 87.7 Å². The number of hydrogen-bond donors (Lipinski definition) is 3. The number of imide groups is 1. The number of nitrogens with one attached hydrogen (secondary N) is 3. The van der Waals surface area contributed by atoms with Crippen LogP contribution in [0.15, 0.2) is 71.5 Å². The van der Waals surface area contributed by atoms with Crippen molar-refractivity contribution in [2.75, 3.05) is 81.8 Å². The molecule has 3 aromatic carbocycles. The van der Waals surface area contributed by atoms with Crippen molar-refractivity contribution in [3.63, 3.8) is 0 Å². The Hall–Kier alpha value is -5.41. The maximum atomic E-state index is 13.6. The van der Waals surface area contributed by atoms with Crippen molar-refractivity contribution in [1.82, 2.24) is 35.0 Å². The zero-order valence-electron chi connectivity index (χ0n) is 39.2. The number of aryl methyl sites for hydroxylation is 1. The number of hydrogen-bond acceptors (Lipinski definition) is 13. The summed E-state index contributed by atoms with van der Waals surface area (Å²) in [7, 11) is -1.03. The Morgan fingerprint density at radius 1 is 0.910 bits per heavy atom. The second-order valence-corrected chi connectivity index (χ2v) is 23.0. The fourth-order valence-electron chi connectivity index (χ4n) is 10.5. The number of ether oxygens (including phenoxy) is 1. The summed E-state index contributed by atoms with van der Waals surface area (Å²) in [5.74, 6) is 0.789. The molecule has 0 aliphatic carbocycles. The number of para-hydroxylation sites is 1. The minimum absolute atomic E-state index is 0.144. The normalized spacial score (nSPS) is 19.4. The highest BCUT2D eigenvalue weighted by molar-refractivity contribution is 9.10. The summed E-state index contributed by atoms with van der Waals surface area (Å²) in [5, 5.41) is 10.8. The van der Waals surface area contributed by atoms with Crippen molar-refractivity contribution in [1.29, 1.82) is 0 Å². The quantitative estimate of drug-likeness (QED) is 0.0790. The predicted molar refractivity (Wildman–Crippen MR) is 268 cm³/mol. The van der Waals surface area contributed by atoms with Crippen LogP contribution in [0.25, 0.3) is 10.9 Å². The van der Waals surface area contributed by atoms with Gasteiger partial charge >= 0.3 is 0 Å². The van der Waals surface area contributed by atoms with Crippen molar-refractivity contribution >= 4 is 85.8 Å². The summed E-state index contributed by atoms with van der Waals surface area (Å²) in [6.45, 7) is 16.7. The second-order valence-electron chi connectivity index (χ2n) is 19.0. The van der Waals surface area contributed by atoms with Gasteiger partial charge in [-0.2, -0.15) is 4.98 Å². The largest absolute Gasteiger partial charge is 0.494 e. The molecule has 6 heterocycles. The number of anilines is 5. The lowest BCUT2D eigenvalue weighted by molar-refractivity contribution is -0.138. The first-order valence-corrected chi connectivity index (χ1v) is 26.7. The number of pyridine rings is 1. The standard InChI is InChI=1S/C50H60BrN10O5P/c1-7-32-27-39(55-49-53-29-37(51)46(57-49)54-40-30-52-38-11-9-8-10-35(38)45(40)67(5,6)65)43(66-4)28-42(32)60-20-17-33(18-21-60)59-24-22-58(23-25-59)19-16-31-12-13-34-36(26-31)50(2,3)61(48(34)64)41-14-15-44(62)56-47(41)63/h8-13,26-30,33,41H,7,14-25H2,1-6H3,(H,56,62,63)(H2,53,54,55,57). The number of aromatic nitrogens is 3. The van der Waals surface area contributed by atoms with E-state index in [1.54, 1.807) is 37.7 Å². The SMILES string of the molecule is CCc1cc(Nc2ncc(Br)c(Nc3cnc4ccccc4c3P(C)(C)=O)n2)c(OC)cc1N1CCC(N2CCN(CCc3ccc4c(c3)C(C)(C)N(C3CCC(=O)NC3=O)C4=O)CC2)CC1. The van der Waals surface area contributed by atoms with Crippen LogP contribution >= 0.6 is 23.1 Å². The Balaban J connectivity index is 0.796. The average Bonchev–Trinajstić information content (AvgIpc) is 3.51. The topological polar surface area (TPSA) is 165 Å². The summed E-state index contributed by atoms with van der Waals surface area (Å²) in [5.41, 5.74) is 6.72. The Morgan fingerprint density at radius 2 is 1.67 bits per heavy atom. The van der Waals surface area contributed by atoms with E-state index < -0.39 is 24.6 Å². The van der Waals surface area contributed by atoms with Crippen molar-refractivity contribution < 1.29 is 23.7 Å². The number of carbonyl (C=O) groups excluding carboxylic acids is 3. The van der Waals surface area contributed by atoms with E-state index in [4.69, 9.17) is 9.72 Å². The van der Waals surface area contributed by atoms with Gasteiger partial charge in [0.1, 0.15) is 24.8 Å². The summed E-state index contributed by atoms with van der Waals surface area (Å²) in [6.07, 6.45) is 7.90. The van der Waals surface area contributed by atoms with Gasteiger partial charge in [0, 0.05) is 92.5 Å². The van der Waals surface area contributed by atoms with E-state index in [9.17, 15) is 18.9 Å². The first-order chi connectivity index (χ1) is 32.1. The number of fused-ring (bicyclic) bond motifs is 2. The summed E-state index contributed by atoms with van der Waals surface area (Å²) < 4.78 is 20.2. The lowest BCUT2D eigenvalue weighted by Crippen LogP contribution is -2.57. The van der Waals surface area contributed by atoms with Crippen LogP contribution in [0, 0.1) is 0 Å². The fourth-order valence-corrected chi connectivity index (χ4v) is 12.3.